The lowest BCUT2D eigenvalue weighted by Crippen LogP contribution is -2.36. The van der Waals surface area contributed by atoms with E-state index in [0.717, 1.165) is 0 Å². The van der Waals surface area contributed by atoms with Crippen molar-refractivity contribution in [3.8, 4) is 0 Å². The lowest BCUT2D eigenvalue weighted by Gasteiger charge is -2.24. The zero-order chi connectivity index (χ0) is 17.3. The Kier molecular flexibility index (Phi) is 7.51. The van der Waals surface area contributed by atoms with Crippen LogP contribution >= 0.6 is 0 Å². The molecule has 2 heterocycles. The number of ether oxygens (including phenoxy) is 2. The van der Waals surface area contributed by atoms with Crippen molar-refractivity contribution in [3.05, 3.63) is 30.6 Å². The highest BCUT2D eigenvalue weighted by atomic mass is 16.6. The first kappa shape index (κ1) is 18.9. The molecule has 6 heteroatoms. The highest BCUT2D eigenvalue weighted by Gasteiger charge is 2.34. The number of carbonyl (C=O) groups excluding carboxylic acids is 2. The number of rotatable bonds is 2. The highest BCUT2D eigenvalue weighted by molar-refractivity contribution is 5.75. The molecule has 0 saturated carbocycles. The van der Waals surface area contributed by atoms with E-state index in [1.807, 2.05) is 39.0 Å². The summed E-state index contributed by atoms with van der Waals surface area (Å²) in [4.78, 5) is 28.6. The number of nitrogens with zero attached hydrogens (tertiary/aromatic N) is 2. The summed E-state index contributed by atoms with van der Waals surface area (Å²) in [6.45, 7) is 8.57. The van der Waals surface area contributed by atoms with Crippen LogP contribution in [0.3, 0.4) is 0 Å². The van der Waals surface area contributed by atoms with Crippen molar-refractivity contribution in [1.29, 1.82) is 0 Å². The minimum atomic E-state index is -0.501. The first-order chi connectivity index (χ1) is 10.8. The summed E-state index contributed by atoms with van der Waals surface area (Å²) in [5, 5.41) is 0. The van der Waals surface area contributed by atoms with Crippen LogP contribution in [0, 0.1) is 5.92 Å². The van der Waals surface area contributed by atoms with Gasteiger partial charge in [-0.05, 0) is 46.2 Å². The quantitative estimate of drug-likeness (QED) is 0.783. The third-order valence-corrected chi connectivity index (χ3v) is 3.03. The fourth-order valence-electron chi connectivity index (χ4n) is 2.02. The molecule has 0 radical (unpaired) electrons. The molecular weight excluding hydrogens is 296 g/mol. The van der Waals surface area contributed by atoms with Crippen molar-refractivity contribution >= 4 is 12.1 Å². The fourth-order valence-corrected chi connectivity index (χ4v) is 2.02. The zero-order valence-electron chi connectivity index (χ0n) is 14.3. The van der Waals surface area contributed by atoms with Crippen LogP contribution < -0.4 is 0 Å². The smallest absolute Gasteiger partial charge is 0.410 e. The standard InChI is InChI=1S/C12H21NO4.C5H5N/c1-5-16-10(14)9-6-7-13(8-9)11(15)17-12(2,3)4;1-2-4-6-5-3-1/h9H,5-8H2,1-4H3;1-5H/t9-;/m0./s1. The minimum Gasteiger partial charge on any atom is -0.466 e. The van der Waals surface area contributed by atoms with Crippen molar-refractivity contribution in [3.63, 3.8) is 0 Å². The summed E-state index contributed by atoms with van der Waals surface area (Å²) in [6.07, 6.45) is 3.79. The molecule has 0 unspecified atom stereocenters. The molecule has 0 aliphatic carbocycles. The number of likely N-dealkylation sites (tertiary alicyclic amines) is 1. The van der Waals surface area contributed by atoms with Gasteiger partial charge in [-0.15, -0.1) is 0 Å². The van der Waals surface area contributed by atoms with Crippen LogP contribution in [0.2, 0.25) is 0 Å². The van der Waals surface area contributed by atoms with Gasteiger partial charge >= 0.3 is 12.1 Å². The summed E-state index contributed by atoms with van der Waals surface area (Å²) in [7, 11) is 0. The number of carbonyl (C=O) groups is 2. The molecule has 1 fully saturated rings. The number of esters is 1. The lowest BCUT2D eigenvalue weighted by atomic mass is 10.1. The van der Waals surface area contributed by atoms with E-state index in [9.17, 15) is 9.59 Å². The lowest BCUT2D eigenvalue weighted by molar-refractivity contribution is -0.147. The van der Waals surface area contributed by atoms with Gasteiger partial charge in [0.1, 0.15) is 5.60 Å². The Balaban J connectivity index is 0.000000366. The van der Waals surface area contributed by atoms with E-state index in [0.29, 0.717) is 26.1 Å². The molecule has 128 valence electrons. The summed E-state index contributed by atoms with van der Waals surface area (Å²) in [5.74, 6) is -0.430. The van der Waals surface area contributed by atoms with Crippen LogP contribution in [0.1, 0.15) is 34.1 Å². The van der Waals surface area contributed by atoms with Gasteiger partial charge in [0.2, 0.25) is 0 Å². The van der Waals surface area contributed by atoms with Crippen LogP contribution in [0.25, 0.3) is 0 Å². The Morgan fingerprint density at radius 1 is 1.22 bits per heavy atom. The maximum absolute atomic E-state index is 11.7. The van der Waals surface area contributed by atoms with Gasteiger partial charge in [0.05, 0.1) is 12.5 Å². The maximum Gasteiger partial charge on any atom is 0.410 e. The molecule has 0 spiro atoms. The molecule has 0 aromatic carbocycles. The summed E-state index contributed by atoms with van der Waals surface area (Å²) >= 11 is 0. The number of hydrogen-bond donors (Lipinski definition) is 0. The maximum atomic E-state index is 11.7. The van der Waals surface area contributed by atoms with Crippen molar-refractivity contribution in [2.75, 3.05) is 19.7 Å². The number of aromatic nitrogens is 1. The fraction of sp³-hybridized carbons (Fsp3) is 0.588. The molecule has 6 nitrogen and oxygen atoms in total. The van der Waals surface area contributed by atoms with E-state index in [-0.39, 0.29) is 18.0 Å². The van der Waals surface area contributed by atoms with Crippen LogP contribution in [0.4, 0.5) is 4.79 Å². The average molecular weight is 322 g/mol. The second kappa shape index (κ2) is 9.12. The summed E-state index contributed by atoms with van der Waals surface area (Å²) < 4.78 is 10.2. The third-order valence-electron chi connectivity index (χ3n) is 3.03. The van der Waals surface area contributed by atoms with Crippen molar-refractivity contribution in [2.45, 2.75) is 39.7 Å². The molecular formula is C17H26N2O4. The highest BCUT2D eigenvalue weighted by Crippen LogP contribution is 2.20. The van der Waals surface area contributed by atoms with Crippen LogP contribution in [0.15, 0.2) is 30.6 Å². The number of amides is 1. The van der Waals surface area contributed by atoms with E-state index in [1.54, 1.807) is 24.2 Å². The largest absolute Gasteiger partial charge is 0.466 e. The SMILES string of the molecule is CCOC(=O)[C@H]1CCN(C(=O)OC(C)(C)C)C1.c1ccncc1. The van der Waals surface area contributed by atoms with Crippen molar-refractivity contribution in [1.82, 2.24) is 9.88 Å². The molecule has 2 rings (SSSR count). The Morgan fingerprint density at radius 2 is 1.87 bits per heavy atom. The second-order valence-electron chi connectivity index (χ2n) is 6.19. The predicted molar refractivity (Wildman–Crippen MR) is 86.8 cm³/mol. The van der Waals surface area contributed by atoms with E-state index in [4.69, 9.17) is 9.47 Å². The van der Waals surface area contributed by atoms with Crippen LogP contribution in [-0.2, 0) is 14.3 Å². The van der Waals surface area contributed by atoms with Gasteiger partial charge in [0.25, 0.3) is 0 Å². The normalized spacial score (nSPS) is 17.0. The molecule has 1 aromatic rings. The van der Waals surface area contributed by atoms with E-state index in [1.165, 1.54) is 0 Å². The van der Waals surface area contributed by atoms with Gasteiger partial charge in [-0.1, -0.05) is 6.07 Å². The first-order valence-electron chi connectivity index (χ1n) is 7.83. The van der Waals surface area contributed by atoms with Gasteiger partial charge < -0.3 is 14.4 Å². The third kappa shape index (κ3) is 7.63. The molecule has 1 aliphatic heterocycles. The number of hydrogen-bond acceptors (Lipinski definition) is 5. The monoisotopic (exact) mass is 322 g/mol. The molecule has 1 amide bonds. The predicted octanol–water partition coefficient (Wildman–Crippen LogP) is 2.89. The zero-order valence-corrected chi connectivity index (χ0v) is 14.3. The second-order valence-corrected chi connectivity index (χ2v) is 6.19. The molecule has 1 aromatic heterocycles. The van der Waals surface area contributed by atoms with E-state index >= 15 is 0 Å². The van der Waals surface area contributed by atoms with Crippen LogP contribution in [-0.4, -0.2) is 47.2 Å². The molecule has 1 aliphatic rings. The Bertz CT molecular complexity index is 458. The Labute approximate surface area is 137 Å². The molecule has 0 bridgehead atoms. The minimum absolute atomic E-state index is 0.206. The van der Waals surface area contributed by atoms with Gasteiger partial charge in [-0.3, -0.25) is 9.78 Å². The van der Waals surface area contributed by atoms with Crippen molar-refractivity contribution in [2.24, 2.45) is 5.92 Å². The number of pyridine rings is 1. The molecule has 1 atom stereocenters. The Morgan fingerprint density at radius 3 is 2.30 bits per heavy atom. The van der Waals surface area contributed by atoms with E-state index < -0.39 is 5.60 Å². The van der Waals surface area contributed by atoms with Gasteiger partial charge in [-0.2, -0.15) is 0 Å². The summed E-state index contributed by atoms with van der Waals surface area (Å²) in [6, 6.07) is 5.72. The first-order valence-corrected chi connectivity index (χ1v) is 7.83. The molecule has 23 heavy (non-hydrogen) atoms. The van der Waals surface area contributed by atoms with E-state index in [2.05, 4.69) is 4.98 Å². The average Bonchev–Trinajstić information content (AvgIpc) is 2.98. The molecule has 1 saturated heterocycles. The molecule has 0 N–H and O–H groups in total. The van der Waals surface area contributed by atoms with Crippen LogP contribution in [0.5, 0.6) is 0 Å². The van der Waals surface area contributed by atoms with Gasteiger partial charge in [0.15, 0.2) is 0 Å². The van der Waals surface area contributed by atoms with Crippen molar-refractivity contribution < 1.29 is 19.1 Å². The van der Waals surface area contributed by atoms with Gasteiger partial charge in [0, 0.05) is 25.5 Å². The van der Waals surface area contributed by atoms with Gasteiger partial charge in [-0.25, -0.2) is 4.79 Å². The summed E-state index contributed by atoms with van der Waals surface area (Å²) in [5.41, 5.74) is -0.501. The Hall–Kier alpha value is -2.11. The topological polar surface area (TPSA) is 68.7 Å².